The second kappa shape index (κ2) is 8.43. The average Bonchev–Trinajstić information content (AvgIpc) is 3.01. The molecule has 0 aromatic heterocycles. The van der Waals surface area contributed by atoms with Gasteiger partial charge in [-0.25, -0.2) is 0 Å². The fraction of sp³-hybridized carbons (Fsp3) is 0.750. The molecule has 3 fully saturated rings. The molecule has 156 valence electrons. The van der Waals surface area contributed by atoms with E-state index in [0.717, 1.165) is 25.7 Å². The van der Waals surface area contributed by atoms with Crippen LogP contribution < -0.4 is 0 Å². The van der Waals surface area contributed by atoms with Crippen molar-refractivity contribution in [2.45, 2.75) is 56.0 Å². The van der Waals surface area contributed by atoms with E-state index in [0.29, 0.717) is 5.54 Å². The Labute approximate surface area is 171 Å². The molecule has 2 aliphatic carbocycles. The number of rotatable bonds is 7. The Balaban J connectivity index is 1.52. The Morgan fingerprint density at radius 3 is 2.36 bits per heavy atom. The maximum Gasteiger partial charge on any atom is 0.0590 e. The summed E-state index contributed by atoms with van der Waals surface area (Å²) in [5, 5.41) is 0. The van der Waals surface area contributed by atoms with Crippen molar-refractivity contribution in [2.75, 3.05) is 54.1 Å². The van der Waals surface area contributed by atoms with Crippen LogP contribution in [0, 0.1) is 5.92 Å². The molecule has 28 heavy (non-hydrogen) atoms. The summed E-state index contributed by atoms with van der Waals surface area (Å²) < 4.78 is 5.38. The molecule has 1 spiro atoms. The standard InChI is InChI=1S/C24H39N3O/c1-25(2)24(22-10-5-4-6-11-22)14-12-23(13-15-24)19-26(16-17-28-3)20-27(23)18-21-8-7-9-21/h4-6,10-11,21H,7-9,12-20H2,1-3H3. The molecule has 1 heterocycles. The number of methoxy groups -OCH3 is 1. The quantitative estimate of drug-likeness (QED) is 0.711. The van der Waals surface area contributed by atoms with E-state index in [4.69, 9.17) is 4.74 Å². The normalized spacial score (nSPS) is 32.3. The molecular formula is C24H39N3O. The summed E-state index contributed by atoms with van der Waals surface area (Å²) in [6, 6.07) is 11.2. The van der Waals surface area contributed by atoms with Gasteiger partial charge in [-0.1, -0.05) is 36.8 Å². The van der Waals surface area contributed by atoms with Gasteiger partial charge < -0.3 is 4.74 Å². The van der Waals surface area contributed by atoms with Crippen molar-refractivity contribution in [3.63, 3.8) is 0 Å². The highest BCUT2D eigenvalue weighted by Gasteiger charge is 2.51. The van der Waals surface area contributed by atoms with Gasteiger partial charge in [0, 0.05) is 37.8 Å². The van der Waals surface area contributed by atoms with Gasteiger partial charge in [-0.3, -0.25) is 14.7 Å². The Morgan fingerprint density at radius 1 is 1.07 bits per heavy atom. The van der Waals surface area contributed by atoms with Gasteiger partial charge in [0.25, 0.3) is 0 Å². The third-order valence-corrected chi connectivity index (χ3v) is 8.05. The second-order valence-electron chi connectivity index (χ2n) is 9.72. The SMILES string of the molecule is COCCN1CN(CC2CCC2)C2(CCC(c3ccccc3)(N(C)C)CC2)C1. The van der Waals surface area contributed by atoms with Crippen LogP contribution in [0.5, 0.6) is 0 Å². The summed E-state index contributed by atoms with van der Waals surface area (Å²) in [4.78, 5) is 8.01. The van der Waals surface area contributed by atoms with Crippen LogP contribution >= 0.6 is 0 Å². The first-order valence-electron chi connectivity index (χ1n) is 11.3. The predicted molar refractivity (Wildman–Crippen MR) is 115 cm³/mol. The highest BCUT2D eigenvalue weighted by Crippen LogP contribution is 2.49. The van der Waals surface area contributed by atoms with E-state index in [9.17, 15) is 0 Å². The largest absolute Gasteiger partial charge is 0.383 e. The highest BCUT2D eigenvalue weighted by molar-refractivity contribution is 5.26. The van der Waals surface area contributed by atoms with Crippen LogP contribution in [0.1, 0.15) is 50.5 Å². The summed E-state index contributed by atoms with van der Waals surface area (Å²) in [7, 11) is 6.37. The first kappa shape index (κ1) is 20.3. The van der Waals surface area contributed by atoms with Gasteiger partial charge in [-0.2, -0.15) is 0 Å². The van der Waals surface area contributed by atoms with Gasteiger partial charge in [0.1, 0.15) is 0 Å². The van der Waals surface area contributed by atoms with Crippen LogP contribution in [0.2, 0.25) is 0 Å². The molecule has 3 aliphatic rings. The summed E-state index contributed by atoms with van der Waals surface area (Å²) in [5.74, 6) is 0.939. The number of ether oxygens (including phenoxy) is 1. The van der Waals surface area contributed by atoms with E-state index < -0.39 is 0 Å². The van der Waals surface area contributed by atoms with E-state index in [1.165, 1.54) is 63.6 Å². The molecule has 2 saturated carbocycles. The Morgan fingerprint density at radius 2 is 1.79 bits per heavy atom. The van der Waals surface area contributed by atoms with Crippen molar-refractivity contribution >= 4 is 0 Å². The molecule has 1 saturated heterocycles. The maximum atomic E-state index is 5.38. The van der Waals surface area contributed by atoms with Crippen LogP contribution in [-0.4, -0.2) is 74.4 Å². The molecule has 4 rings (SSSR count). The summed E-state index contributed by atoms with van der Waals surface area (Å²) in [6.07, 6.45) is 9.43. The molecule has 0 N–H and O–H groups in total. The van der Waals surface area contributed by atoms with Gasteiger partial charge in [0.2, 0.25) is 0 Å². The van der Waals surface area contributed by atoms with Gasteiger partial charge in [-0.05, 0) is 64.1 Å². The Hall–Kier alpha value is -0.940. The van der Waals surface area contributed by atoms with Gasteiger partial charge in [0.05, 0.1) is 13.3 Å². The van der Waals surface area contributed by atoms with Crippen molar-refractivity contribution in [1.82, 2.24) is 14.7 Å². The molecule has 1 aromatic carbocycles. The minimum absolute atomic E-state index is 0.189. The molecule has 0 bridgehead atoms. The van der Waals surface area contributed by atoms with Crippen LogP contribution in [-0.2, 0) is 10.3 Å². The summed E-state index contributed by atoms with van der Waals surface area (Å²) >= 11 is 0. The lowest BCUT2D eigenvalue weighted by Gasteiger charge is -2.52. The van der Waals surface area contributed by atoms with Crippen molar-refractivity contribution in [3.8, 4) is 0 Å². The van der Waals surface area contributed by atoms with Crippen LogP contribution in [0.4, 0.5) is 0 Å². The molecule has 0 amide bonds. The van der Waals surface area contributed by atoms with Crippen LogP contribution in [0.15, 0.2) is 30.3 Å². The van der Waals surface area contributed by atoms with E-state index in [-0.39, 0.29) is 5.54 Å². The molecule has 0 unspecified atom stereocenters. The van der Waals surface area contributed by atoms with Crippen molar-refractivity contribution in [2.24, 2.45) is 5.92 Å². The zero-order valence-corrected chi connectivity index (χ0v) is 18.2. The molecular weight excluding hydrogens is 346 g/mol. The monoisotopic (exact) mass is 385 g/mol. The van der Waals surface area contributed by atoms with E-state index >= 15 is 0 Å². The number of benzene rings is 1. The smallest absolute Gasteiger partial charge is 0.0590 e. The summed E-state index contributed by atoms with van der Waals surface area (Å²) in [5.41, 5.74) is 2.06. The second-order valence-corrected chi connectivity index (χ2v) is 9.72. The minimum Gasteiger partial charge on any atom is -0.383 e. The third kappa shape index (κ3) is 3.77. The van der Waals surface area contributed by atoms with Crippen LogP contribution in [0.25, 0.3) is 0 Å². The third-order valence-electron chi connectivity index (χ3n) is 8.05. The fourth-order valence-corrected chi connectivity index (χ4v) is 5.91. The first-order valence-corrected chi connectivity index (χ1v) is 11.3. The average molecular weight is 386 g/mol. The zero-order chi connectivity index (χ0) is 19.6. The summed E-state index contributed by atoms with van der Waals surface area (Å²) in [6.45, 7) is 5.58. The first-order chi connectivity index (χ1) is 13.6. The molecule has 0 atom stereocenters. The topological polar surface area (TPSA) is 19.0 Å². The lowest BCUT2D eigenvalue weighted by atomic mass is 9.68. The highest BCUT2D eigenvalue weighted by atomic mass is 16.5. The minimum atomic E-state index is 0.189. The predicted octanol–water partition coefficient (Wildman–Crippen LogP) is 3.78. The van der Waals surface area contributed by atoms with E-state index in [1.54, 1.807) is 0 Å². The molecule has 4 nitrogen and oxygen atoms in total. The number of hydrogen-bond acceptors (Lipinski definition) is 4. The van der Waals surface area contributed by atoms with Crippen molar-refractivity contribution in [1.29, 1.82) is 0 Å². The molecule has 0 radical (unpaired) electrons. The Kier molecular flexibility index (Phi) is 6.12. The van der Waals surface area contributed by atoms with Gasteiger partial charge in [-0.15, -0.1) is 0 Å². The fourth-order valence-electron chi connectivity index (χ4n) is 5.91. The molecule has 1 aliphatic heterocycles. The Bertz CT molecular complexity index is 620. The molecule has 1 aromatic rings. The number of hydrogen-bond donors (Lipinski definition) is 0. The van der Waals surface area contributed by atoms with E-state index in [2.05, 4.69) is 59.1 Å². The zero-order valence-electron chi connectivity index (χ0n) is 18.2. The van der Waals surface area contributed by atoms with Gasteiger partial charge >= 0.3 is 0 Å². The van der Waals surface area contributed by atoms with Crippen LogP contribution in [0.3, 0.4) is 0 Å². The van der Waals surface area contributed by atoms with Gasteiger partial charge in [0.15, 0.2) is 0 Å². The maximum absolute atomic E-state index is 5.38. The lowest BCUT2D eigenvalue weighted by Crippen LogP contribution is -2.56. The van der Waals surface area contributed by atoms with Crippen molar-refractivity contribution in [3.05, 3.63) is 35.9 Å². The van der Waals surface area contributed by atoms with E-state index in [1.807, 2.05) is 7.11 Å². The number of nitrogens with zero attached hydrogens (tertiary/aromatic N) is 3. The van der Waals surface area contributed by atoms with Crippen molar-refractivity contribution < 1.29 is 4.74 Å². The molecule has 4 heteroatoms. The lowest BCUT2D eigenvalue weighted by molar-refractivity contribution is 0.00464.